The summed E-state index contributed by atoms with van der Waals surface area (Å²) in [5.74, 6) is 1.30. The van der Waals surface area contributed by atoms with E-state index in [-0.39, 0.29) is 0 Å². The normalized spacial score (nSPS) is 10.9. The number of phenols is 1. The summed E-state index contributed by atoms with van der Waals surface area (Å²) >= 11 is 0. The maximum Gasteiger partial charge on any atom is 0.134 e. The number of hydrogen-bond acceptors (Lipinski definition) is 2. The van der Waals surface area contributed by atoms with Crippen LogP contribution < -0.4 is 0 Å². The second-order valence-electron chi connectivity index (χ2n) is 3.54. The number of rotatable bonds is 3. The highest BCUT2D eigenvalue weighted by atomic mass is 16.3. The van der Waals surface area contributed by atoms with E-state index in [4.69, 9.17) is 4.42 Å². The summed E-state index contributed by atoms with van der Waals surface area (Å²) in [4.78, 5) is 0. The molecule has 1 N–H and O–H groups in total. The maximum absolute atomic E-state index is 9.27. The number of hydrogen-bond donors (Lipinski definition) is 1. The molecule has 0 spiro atoms. The van der Waals surface area contributed by atoms with Gasteiger partial charge in [-0.15, -0.1) is 0 Å². The van der Waals surface area contributed by atoms with E-state index in [0.29, 0.717) is 5.75 Å². The molecule has 2 heteroatoms. The maximum atomic E-state index is 9.27. The van der Waals surface area contributed by atoms with Gasteiger partial charge in [0.15, 0.2) is 0 Å². The molecule has 0 aliphatic rings. The van der Waals surface area contributed by atoms with Crippen molar-refractivity contribution in [1.82, 2.24) is 0 Å². The van der Waals surface area contributed by atoms with Crippen LogP contribution in [0.25, 0.3) is 11.0 Å². The first-order chi connectivity index (χ1) is 6.79. The van der Waals surface area contributed by atoms with Crippen molar-refractivity contribution in [3.8, 4) is 5.75 Å². The Hall–Kier alpha value is -1.44. The van der Waals surface area contributed by atoms with Crippen LogP contribution in [0.5, 0.6) is 5.75 Å². The van der Waals surface area contributed by atoms with Crippen LogP contribution >= 0.6 is 0 Å². The van der Waals surface area contributed by atoms with Crippen molar-refractivity contribution >= 4 is 11.0 Å². The summed E-state index contributed by atoms with van der Waals surface area (Å²) in [5, 5.41) is 10.3. The zero-order valence-corrected chi connectivity index (χ0v) is 8.29. The first-order valence-corrected chi connectivity index (χ1v) is 5.01. The molecule has 0 aliphatic heterocycles. The van der Waals surface area contributed by atoms with E-state index in [1.807, 2.05) is 6.07 Å². The molecule has 0 amide bonds. The summed E-state index contributed by atoms with van der Waals surface area (Å²) in [6.07, 6.45) is 3.29. The molecule has 0 saturated carbocycles. The summed E-state index contributed by atoms with van der Waals surface area (Å²) in [6.45, 7) is 2.16. The highest BCUT2D eigenvalue weighted by Gasteiger charge is 2.03. The highest BCUT2D eigenvalue weighted by Crippen LogP contribution is 2.24. The molecule has 0 fully saturated rings. The fourth-order valence-corrected chi connectivity index (χ4v) is 1.56. The van der Waals surface area contributed by atoms with Crippen LogP contribution in [0.4, 0.5) is 0 Å². The Kier molecular flexibility index (Phi) is 2.44. The van der Waals surface area contributed by atoms with Gasteiger partial charge in [0.25, 0.3) is 0 Å². The number of aryl methyl sites for hydroxylation is 1. The molecule has 2 rings (SSSR count). The van der Waals surface area contributed by atoms with Crippen molar-refractivity contribution in [1.29, 1.82) is 0 Å². The fraction of sp³-hybridized carbons (Fsp3) is 0.333. The lowest BCUT2D eigenvalue weighted by molar-refractivity contribution is 0.475. The lowest BCUT2D eigenvalue weighted by Crippen LogP contribution is -1.78. The number of benzene rings is 1. The molecule has 1 aromatic heterocycles. The molecule has 0 bridgehead atoms. The third-order valence-electron chi connectivity index (χ3n) is 2.33. The zero-order valence-electron chi connectivity index (χ0n) is 8.29. The van der Waals surface area contributed by atoms with Gasteiger partial charge in [0, 0.05) is 11.8 Å². The molecule has 2 nitrogen and oxygen atoms in total. The van der Waals surface area contributed by atoms with Crippen LogP contribution in [0, 0.1) is 0 Å². The number of furan rings is 1. The molecule has 2 aromatic rings. The summed E-state index contributed by atoms with van der Waals surface area (Å²) < 4.78 is 5.61. The highest BCUT2D eigenvalue weighted by molar-refractivity contribution is 5.79. The van der Waals surface area contributed by atoms with Gasteiger partial charge in [-0.25, -0.2) is 0 Å². The molecular formula is C12H14O2. The minimum atomic E-state index is 0.292. The van der Waals surface area contributed by atoms with Crippen molar-refractivity contribution in [3.05, 3.63) is 30.0 Å². The van der Waals surface area contributed by atoms with Crippen LogP contribution in [-0.4, -0.2) is 5.11 Å². The third-order valence-corrected chi connectivity index (χ3v) is 2.33. The van der Waals surface area contributed by atoms with Gasteiger partial charge in [-0.1, -0.05) is 13.3 Å². The minimum absolute atomic E-state index is 0.292. The standard InChI is InChI=1S/C12H14O2/c1-2-3-4-11-8-9-7-10(13)5-6-12(9)14-11/h5-8,13H,2-4H2,1H3. The van der Waals surface area contributed by atoms with E-state index < -0.39 is 0 Å². The van der Waals surface area contributed by atoms with Gasteiger partial charge in [-0.3, -0.25) is 0 Å². The molecule has 74 valence electrons. The first-order valence-electron chi connectivity index (χ1n) is 5.01. The van der Waals surface area contributed by atoms with Crippen LogP contribution in [0.15, 0.2) is 28.7 Å². The van der Waals surface area contributed by atoms with Crippen LogP contribution in [0.3, 0.4) is 0 Å². The average Bonchev–Trinajstić information content (AvgIpc) is 2.56. The van der Waals surface area contributed by atoms with Crippen molar-refractivity contribution < 1.29 is 9.52 Å². The molecule has 0 saturated heterocycles. The molecule has 0 atom stereocenters. The second-order valence-corrected chi connectivity index (χ2v) is 3.54. The topological polar surface area (TPSA) is 33.4 Å². The van der Waals surface area contributed by atoms with Crippen molar-refractivity contribution in [2.45, 2.75) is 26.2 Å². The Bertz CT molecular complexity index is 429. The Morgan fingerprint density at radius 1 is 1.29 bits per heavy atom. The van der Waals surface area contributed by atoms with E-state index in [1.54, 1.807) is 18.2 Å². The first kappa shape index (κ1) is 9.13. The predicted molar refractivity (Wildman–Crippen MR) is 56.5 cm³/mol. The predicted octanol–water partition coefficient (Wildman–Crippen LogP) is 3.48. The van der Waals surface area contributed by atoms with Gasteiger partial charge in [0.1, 0.15) is 17.1 Å². The third kappa shape index (κ3) is 1.74. The molecule has 0 aliphatic carbocycles. The summed E-state index contributed by atoms with van der Waals surface area (Å²) in [5.41, 5.74) is 0.855. The van der Waals surface area contributed by atoms with E-state index in [9.17, 15) is 5.11 Å². The van der Waals surface area contributed by atoms with Crippen molar-refractivity contribution in [2.75, 3.05) is 0 Å². The number of fused-ring (bicyclic) bond motifs is 1. The van der Waals surface area contributed by atoms with Gasteiger partial charge < -0.3 is 9.52 Å². The molecule has 1 aromatic carbocycles. The number of aromatic hydroxyl groups is 1. The molecule has 1 heterocycles. The molecule has 0 radical (unpaired) electrons. The summed E-state index contributed by atoms with van der Waals surface area (Å²) in [6, 6.07) is 7.19. The van der Waals surface area contributed by atoms with Crippen LogP contribution in [0.2, 0.25) is 0 Å². The second kappa shape index (κ2) is 3.74. The monoisotopic (exact) mass is 190 g/mol. The van der Waals surface area contributed by atoms with Gasteiger partial charge in [0.2, 0.25) is 0 Å². The minimum Gasteiger partial charge on any atom is -0.508 e. The molecule has 0 unspecified atom stereocenters. The molecule has 14 heavy (non-hydrogen) atoms. The van der Waals surface area contributed by atoms with Crippen molar-refractivity contribution in [3.63, 3.8) is 0 Å². The van der Waals surface area contributed by atoms with Crippen LogP contribution in [-0.2, 0) is 6.42 Å². The van der Waals surface area contributed by atoms with E-state index in [0.717, 1.165) is 29.6 Å². The van der Waals surface area contributed by atoms with Crippen molar-refractivity contribution in [2.24, 2.45) is 0 Å². The Balaban J connectivity index is 2.32. The lowest BCUT2D eigenvalue weighted by Gasteiger charge is -1.91. The van der Waals surface area contributed by atoms with Gasteiger partial charge in [-0.05, 0) is 30.7 Å². The lowest BCUT2D eigenvalue weighted by atomic mass is 10.2. The molecular weight excluding hydrogens is 176 g/mol. The quantitative estimate of drug-likeness (QED) is 0.803. The number of phenolic OH excluding ortho intramolecular Hbond substituents is 1. The Morgan fingerprint density at radius 3 is 2.93 bits per heavy atom. The summed E-state index contributed by atoms with van der Waals surface area (Å²) in [7, 11) is 0. The SMILES string of the molecule is CCCCc1cc2cc(O)ccc2o1. The average molecular weight is 190 g/mol. The van der Waals surface area contributed by atoms with Gasteiger partial charge >= 0.3 is 0 Å². The largest absolute Gasteiger partial charge is 0.508 e. The number of unbranched alkanes of at least 4 members (excludes halogenated alkanes) is 1. The van der Waals surface area contributed by atoms with E-state index in [1.165, 1.54) is 6.42 Å². The van der Waals surface area contributed by atoms with E-state index in [2.05, 4.69) is 6.92 Å². The fourth-order valence-electron chi connectivity index (χ4n) is 1.56. The van der Waals surface area contributed by atoms with Gasteiger partial charge in [0.05, 0.1) is 0 Å². The van der Waals surface area contributed by atoms with E-state index >= 15 is 0 Å². The van der Waals surface area contributed by atoms with Gasteiger partial charge in [-0.2, -0.15) is 0 Å². The van der Waals surface area contributed by atoms with Crippen LogP contribution in [0.1, 0.15) is 25.5 Å². The Labute approximate surface area is 83.2 Å². The zero-order chi connectivity index (χ0) is 9.97. The Morgan fingerprint density at radius 2 is 2.14 bits per heavy atom. The smallest absolute Gasteiger partial charge is 0.134 e.